The molecule has 170 valence electrons. The number of aromatic nitrogens is 2. The average molecular weight is 463 g/mol. The molecule has 0 bridgehead atoms. The van der Waals surface area contributed by atoms with Crippen molar-refractivity contribution in [1.82, 2.24) is 19.4 Å². The van der Waals surface area contributed by atoms with Gasteiger partial charge in [-0.1, -0.05) is 18.7 Å². The van der Waals surface area contributed by atoms with Crippen LogP contribution in [0.1, 0.15) is 49.5 Å². The molecule has 1 aliphatic heterocycles. The van der Waals surface area contributed by atoms with Crippen molar-refractivity contribution in [3.8, 4) is 0 Å². The Balaban J connectivity index is 1.60. The number of piperidine rings is 1. The van der Waals surface area contributed by atoms with Crippen LogP contribution >= 0.6 is 23.1 Å². The summed E-state index contributed by atoms with van der Waals surface area (Å²) in [5.41, 5.74) is 1.32. The van der Waals surface area contributed by atoms with Gasteiger partial charge in [0.25, 0.3) is 5.56 Å². The van der Waals surface area contributed by atoms with Gasteiger partial charge in [0.15, 0.2) is 5.16 Å². The average Bonchev–Trinajstić information content (AvgIpc) is 3.12. The lowest BCUT2D eigenvalue weighted by Gasteiger charge is -2.30. The third-order valence-electron chi connectivity index (χ3n) is 6.36. The van der Waals surface area contributed by atoms with Gasteiger partial charge in [0.2, 0.25) is 5.91 Å². The zero-order valence-corrected chi connectivity index (χ0v) is 20.6. The summed E-state index contributed by atoms with van der Waals surface area (Å²) in [7, 11) is 4.10. The standard InChI is InChI=1S/C23H34N4O2S2/c1-16-8-6-12-26(14-16)19(28)15-30-23-24-21-20(17-9-4-5-10-18(17)31-21)22(29)27(23)13-7-11-25(2)3/h16H,4-15H2,1-3H3. The van der Waals surface area contributed by atoms with Gasteiger partial charge in [-0.05, 0) is 77.1 Å². The molecule has 2 aromatic rings. The zero-order chi connectivity index (χ0) is 22.0. The number of likely N-dealkylation sites (tertiary alicyclic amines) is 1. The van der Waals surface area contributed by atoms with Crippen LogP contribution in [-0.2, 0) is 24.2 Å². The molecule has 31 heavy (non-hydrogen) atoms. The Morgan fingerprint density at radius 1 is 1.26 bits per heavy atom. The lowest BCUT2D eigenvalue weighted by molar-refractivity contribution is -0.130. The minimum Gasteiger partial charge on any atom is -0.342 e. The molecule has 3 heterocycles. The summed E-state index contributed by atoms with van der Waals surface area (Å²) in [5, 5.41) is 1.54. The second-order valence-electron chi connectivity index (χ2n) is 9.27. The molecule has 1 saturated heterocycles. The first-order valence-electron chi connectivity index (χ1n) is 11.5. The van der Waals surface area contributed by atoms with Crippen molar-refractivity contribution < 1.29 is 4.79 Å². The van der Waals surface area contributed by atoms with E-state index in [1.165, 1.54) is 35.0 Å². The number of hydrogen-bond donors (Lipinski definition) is 0. The first-order chi connectivity index (χ1) is 14.9. The van der Waals surface area contributed by atoms with Gasteiger partial charge < -0.3 is 9.80 Å². The largest absolute Gasteiger partial charge is 0.342 e. The molecule has 8 heteroatoms. The highest BCUT2D eigenvalue weighted by atomic mass is 32.2. The maximum absolute atomic E-state index is 13.6. The summed E-state index contributed by atoms with van der Waals surface area (Å²) in [5.74, 6) is 1.08. The molecular weight excluding hydrogens is 428 g/mol. The molecule has 0 radical (unpaired) electrons. The first-order valence-corrected chi connectivity index (χ1v) is 13.3. The second-order valence-corrected chi connectivity index (χ2v) is 11.3. The molecule has 0 saturated carbocycles. The maximum atomic E-state index is 13.6. The van der Waals surface area contributed by atoms with Crippen molar-refractivity contribution in [2.75, 3.05) is 39.5 Å². The van der Waals surface area contributed by atoms with E-state index in [0.717, 1.165) is 62.0 Å². The SMILES string of the molecule is CC1CCCN(C(=O)CSc2nc3sc4c(c3c(=O)n2CCCN(C)C)CCCC4)C1. The Morgan fingerprint density at radius 3 is 2.84 bits per heavy atom. The number of amides is 1. The summed E-state index contributed by atoms with van der Waals surface area (Å²) in [6.45, 7) is 5.47. The van der Waals surface area contributed by atoms with E-state index < -0.39 is 0 Å². The van der Waals surface area contributed by atoms with Crippen molar-refractivity contribution in [3.05, 3.63) is 20.8 Å². The molecule has 1 aliphatic carbocycles. The van der Waals surface area contributed by atoms with E-state index in [1.807, 2.05) is 23.6 Å². The number of rotatable bonds is 7. The highest BCUT2D eigenvalue weighted by molar-refractivity contribution is 7.99. The molecule has 1 fully saturated rings. The number of hydrogen-bond acceptors (Lipinski definition) is 6. The van der Waals surface area contributed by atoms with Crippen LogP contribution in [0.5, 0.6) is 0 Å². The van der Waals surface area contributed by atoms with Gasteiger partial charge in [0.1, 0.15) is 4.83 Å². The van der Waals surface area contributed by atoms with Gasteiger partial charge in [-0.25, -0.2) is 4.98 Å². The van der Waals surface area contributed by atoms with Gasteiger partial charge in [-0.15, -0.1) is 11.3 Å². The summed E-state index contributed by atoms with van der Waals surface area (Å²) >= 11 is 3.12. The Hall–Kier alpha value is -1.38. The lowest BCUT2D eigenvalue weighted by atomic mass is 9.97. The molecule has 4 rings (SSSR count). The van der Waals surface area contributed by atoms with Gasteiger partial charge in [-0.3, -0.25) is 14.2 Å². The molecule has 0 aromatic carbocycles. The van der Waals surface area contributed by atoms with Gasteiger partial charge >= 0.3 is 0 Å². The Kier molecular flexibility index (Phi) is 7.39. The predicted octanol–water partition coefficient (Wildman–Crippen LogP) is 3.64. The number of carbonyl (C=O) groups is 1. The topological polar surface area (TPSA) is 58.4 Å². The van der Waals surface area contributed by atoms with Crippen molar-refractivity contribution in [3.63, 3.8) is 0 Å². The Labute approximate surface area is 193 Å². The van der Waals surface area contributed by atoms with Crippen LogP contribution in [0.15, 0.2) is 9.95 Å². The predicted molar refractivity (Wildman–Crippen MR) is 129 cm³/mol. The van der Waals surface area contributed by atoms with Crippen LogP contribution in [0.2, 0.25) is 0 Å². The minimum atomic E-state index is 0.0877. The number of fused-ring (bicyclic) bond motifs is 3. The quantitative estimate of drug-likeness (QED) is 0.464. The van der Waals surface area contributed by atoms with Gasteiger partial charge in [0, 0.05) is 24.5 Å². The molecule has 2 aromatic heterocycles. The van der Waals surface area contributed by atoms with Crippen LogP contribution < -0.4 is 5.56 Å². The Morgan fingerprint density at radius 2 is 2.06 bits per heavy atom. The van der Waals surface area contributed by atoms with Crippen LogP contribution in [0, 0.1) is 5.92 Å². The van der Waals surface area contributed by atoms with Crippen LogP contribution in [0.25, 0.3) is 10.2 Å². The fraction of sp³-hybridized carbons (Fsp3) is 0.696. The maximum Gasteiger partial charge on any atom is 0.263 e. The number of nitrogens with zero attached hydrogens (tertiary/aromatic N) is 4. The number of carbonyl (C=O) groups excluding carboxylic acids is 1. The molecule has 1 atom stereocenters. The smallest absolute Gasteiger partial charge is 0.263 e. The van der Waals surface area contributed by atoms with Crippen LogP contribution in [0.4, 0.5) is 0 Å². The van der Waals surface area contributed by atoms with E-state index in [1.54, 1.807) is 11.3 Å². The van der Waals surface area contributed by atoms with Crippen LogP contribution in [0.3, 0.4) is 0 Å². The van der Waals surface area contributed by atoms with E-state index in [-0.39, 0.29) is 11.5 Å². The van der Waals surface area contributed by atoms with E-state index in [2.05, 4.69) is 11.8 Å². The first kappa shape index (κ1) is 22.8. The monoisotopic (exact) mass is 462 g/mol. The number of thiophene rings is 1. The van der Waals surface area contributed by atoms with Crippen molar-refractivity contribution >= 4 is 39.2 Å². The normalized spacial score (nSPS) is 19.2. The molecule has 6 nitrogen and oxygen atoms in total. The highest BCUT2D eigenvalue weighted by Crippen LogP contribution is 2.34. The fourth-order valence-electron chi connectivity index (χ4n) is 4.71. The van der Waals surface area contributed by atoms with Crippen molar-refractivity contribution in [2.45, 2.75) is 63.6 Å². The third kappa shape index (κ3) is 5.17. The molecule has 1 unspecified atom stereocenters. The highest BCUT2D eigenvalue weighted by Gasteiger charge is 2.24. The molecule has 0 spiro atoms. The summed E-state index contributed by atoms with van der Waals surface area (Å²) in [6, 6.07) is 0. The van der Waals surface area contributed by atoms with Crippen molar-refractivity contribution in [2.24, 2.45) is 5.92 Å². The third-order valence-corrected chi connectivity index (χ3v) is 8.51. The van der Waals surface area contributed by atoms with E-state index in [4.69, 9.17) is 4.98 Å². The molecule has 0 N–H and O–H groups in total. The van der Waals surface area contributed by atoms with Crippen molar-refractivity contribution in [1.29, 1.82) is 0 Å². The van der Waals surface area contributed by atoms with Gasteiger partial charge in [0.05, 0.1) is 11.1 Å². The summed E-state index contributed by atoms with van der Waals surface area (Å²) in [4.78, 5) is 37.6. The molecule has 1 amide bonds. The second kappa shape index (κ2) is 10.0. The zero-order valence-electron chi connectivity index (χ0n) is 19.0. The van der Waals surface area contributed by atoms with E-state index in [9.17, 15) is 9.59 Å². The molecule has 2 aliphatic rings. The van der Waals surface area contributed by atoms with Gasteiger partial charge in [-0.2, -0.15) is 0 Å². The molecular formula is C23H34N4O2S2. The number of thioether (sulfide) groups is 1. The van der Waals surface area contributed by atoms with Crippen LogP contribution in [-0.4, -0.2) is 64.7 Å². The Bertz CT molecular complexity index is 998. The van der Waals surface area contributed by atoms with E-state index >= 15 is 0 Å². The minimum absolute atomic E-state index is 0.0877. The number of aryl methyl sites for hydroxylation is 2. The fourth-order valence-corrected chi connectivity index (χ4v) is 6.94. The lowest BCUT2D eigenvalue weighted by Crippen LogP contribution is -2.40. The summed E-state index contributed by atoms with van der Waals surface area (Å²) < 4.78 is 1.84. The van der Waals surface area contributed by atoms with E-state index in [0.29, 0.717) is 23.4 Å². The summed E-state index contributed by atoms with van der Waals surface area (Å²) in [6.07, 6.45) is 7.56.